The topological polar surface area (TPSA) is 64.4 Å². The zero-order valence-electron chi connectivity index (χ0n) is 11.4. The van der Waals surface area contributed by atoms with Gasteiger partial charge in [-0.3, -0.25) is 0 Å². The van der Waals surface area contributed by atoms with Crippen molar-refractivity contribution < 1.29 is 14.6 Å². The molecule has 0 unspecified atom stereocenters. The molecule has 2 rings (SSSR count). The maximum atomic E-state index is 11.2. The number of aromatic carboxylic acids is 1. The Morgan fingerprint density at radius 2 is 1.95 bits per heavy atom. The molecule has 20 heavy (non-hydrogen) atoms. The van der Waals surface area contributed by atoms with Gasteiger partial charge in [0.05, 0.1) is 22.1 Å². The first kappa shape index (κ1) is 14.8. The van der Waals surface area contributed by atoms with Gasteiger partial charge >= 0.3 is 5.97 Å². The van der Waals surface area contributed by atoms with Crippen molar-refractivity contribution in [3.8, 4) is 11.4 Å². The summed E-state index contributed by atoms with van der Waals surface area (Å²) in [6.07, 6.45) is 0. The van der Waals surface area contributed by atoms with E-state index in [-0.39, 0.29) is 11.6 Å². The molecule has 1 heterocycles. The van der Waals surface area contributed by atoms with Crippen LogP contribution in [0.3, 0.4) is 0 Å². The molecule has 0 atom stereocenters. The van der Waals surface area contributed by atoms with Crippen LogP contribution in [0, 0.1) is 3.57 Å². The Kier molecular flexibility index (Phi) is 4.32. The number of halogens is 1. The third-order valence-corrected chi connectivity index (χ3v) is 3.99. The van der Waals surface area contributed by atoms with E-state index < -0.39 is 5.97 Å². The van der Waals surface area contributed by atoms with Gasteiger partial charge in [0, 0.05) is 0 Å². The largest absolute Gasteiger partial charge is 0.497 e. The Balaban J connectivity index is 2.59. The van der Waals surface area contributed by atoms with Crippen molar-refractivity contribution in [2.45, 2.75) is 19.8 Å². The summed E-state index contributed by atoms with van der Waals surface area (Å²) in [4.78, 5) is 11.2. The van der Waals surface area contributed by atoms with Crippen LogP contribution in [0.25, 0.3) is 5.69 Å². The van der Waals surface area contributed by atoms with Crippen molar-refractivity contribution in [3.05, 3.63) is 39.2 Å². The van der Waals surface area contributed by atoms with E-state index in [0.29, 0.717) is 3.57 Å². The van der Waals surface area contributed by atoms with Gasteiger partial charge in [0.2, 0.25) is 0 Å². The lowest BCUT2D eigenvalue weighted by molar-refractivity contribution is 0.0689. The van der Waals surface area contributed by atoms with E-state index in [4.69, 9.17) is 4.74 Å². The molecule has 1 N–H and O–H groups in total. The maximum Gasteiger partial charge on any atom is 0.357 e. The number of nitrogens with zero attached hydrogens (tertiary/aromatic N) is 2. The summed E-state index contributed by atoms with van der Waals surface area (Å²) in [6.45, 7) is 4.04. The van der Waals surface area contributed by atoms with Crippen LogP contribution in [0.5, 0.6) is 5.75 Å². The van der Waals surface area contributed by atoms with Crippen molar-refractivity contribution in [3.63, 3.8) is 0 Å². The molecule has 1 aromatic heterocycles. The Labute approximate surface area is 130 Å². The Hall–Kier alpha value is -1.57. The van der Waals surface area contributed by atoms with Gasteiger partial charge in [-0.2, -0.15) is 5.10 Å². The van der Waals surface area contributed by atoms with Gasteiger partial charge in [-0.15, -0.1) is 0 Å². The molecule has 1 aromatic carbocycles. The number of carboxylic acid groups (broad SMARTS) is 1. The predicted molar refractivity (Wildman–Crippen MR) is 83.9 cm³/mol. The third-order valence-electron chi connectivity index (χ3n) is 2.93. The predicted octanol–water partition coefficient (Wildman–Crippen LogP) is 3.31. The molecule has 0 saturated carbocycles. The summed E-state index contributed by atoms with van der Waals surface area (Å²) in [5.74, 6) is -0.0895. The molecule has 0 radical (unpaired) electrons. The van der Waals surface area contributed by atoms with Gasteiger partial charge in [0.15, 0.2) is 5.69 Å². The van der Waals surface area contributed by atoms with Gasteiger partial charge < -0.3 is 9.84 Å². The molecule has 0 spiro atoms. The molecular weight excluding hydrogens is 371 g/mol. The second-order valence-corrected chi connectivity index (χ2v) is 5.70. The second-order valence-electron chi connectivity index (χ2n) is 4.62. The molecule has 0 bridgehead atoms. The number of ether oxygens (including phenoxy) is 1. The third kappa shape index (κ3) is 2.65. The number of benzene rings is 1. The van der Waals surface area contributed by atoms with Crippen molar-refractivity contribution in [1.29, 1.82) is 0 Å². The van der Waals surface area contributed by atoms with Crippen LogP contribution in [-0.2, 0) is 0 Å². The average molecular weight is 386 g/mol. The highest BCUT2D eigenvalue weighted by Crippen LogP contribution is 2.28. The van der Waals surface area contributed by atoms with Crippen molar-refractivity contribution >= 4 is 28.6 Å². The minimum atomic E-state index is -1.01. The fraction of sp³-hybridized carbons (Fsp3) is 0.286. The van der Waals surface area contributed by atoms with Gasteiger partial charge in [-0.25, -0.2) is 9.48 Å². The standard InChI is InChI=1S/C14H15IN2O3/c1-8(2)13-11(15)12(14(18)19)16-17(13)9-4-6-10(20-3)7-5-9/h4-8H,1-3H3,(H,18,19). The van der Waals surface area contributed by atoms with E-state index >= 15 is 0 Å². The van der Waals surface area contributed by atoms with Gasteiger partial charge in [0.1, 0.15) is 5.75 Å². The lowest BCUT2D eigenvalue weighted by Gasteiger charge is -2.11. The molecule has 0 aliphatic heterocycles. The average Bonchev–Trinajstić information content (AvgIpc) is 2.76. The summed E-state index contributed by atoms with van der Waals surface area (Å²) in [5.41, 5.74) is 1.80. The normalized spacial score (nSPS) is 10.8. The van der Waals surface area contributed by atoms with Crippen molar-refractivity contribution in [1.82, 2.24) is 9.78 Å². The van der Waals surface area contributed by atoms with Crippen LogP contribution in [0.15, 0.2) is 24.3 Å². The van der Waals surface area contributed by atoms with Crippen LogP contribution < -0.4 is 4.74 Å². The van der Waals surface area contributed by atoms with Crippen LogP contribution in [0.2, 0.25) is 0 Å². The molecule has 0 aliphatic rings. The van der Waals surface area contributed by atoms with Crippen LogP contribution in [-0.4, -0.2) is 28.0 Å². The summed E-state index contributed by atoms with van der Waals surface area (Å²) >= 11 is 2.04. The number of methoxy groups -OCH3 is 1. The first-order valence-electron chi connectivity index (χ1n) is 6.11. The van der Waals surface area contributed by atoms with Gasteiger partial charge in [-0.05, 0) is 52.8 Å². The molecule has 0 aliphatic carbocycles. The number of carbonyl (C=O) groups is 1. The SMILES string of the molecule is COc1ccc(-n2nc(C(=O)O)c(I)c2C(C)C)cc1. The zero-order valence-corrected chi connectivity index (χ0v) is 13.6. The number of carboxylic acids is 1. The van der Waals surface area contributed by atoms with E-state index in [1.54, 1.807) is 11.8 Å². The lowest BCUT2D eigenvalue weighted by Crippen LogP contribution is -2.05. The Morgan fingerprint density at radius 3 is 2.40 bits per heavy atom. The Morgan fingerprint density at radius 1 is 1.35 bits per heavy atom. The summed E-state index contributed by atoms with van der Waals surface area (Å²) in [6, 6.07) is 7.38. The molecule has 0 amide bonds. The van der Waals surface area contributed by atoms with E-state index in [1.165, 1.54) is 0 Å². The number of rotatable bonds is 4. The maximum absolute atomic E-state index is 11.2. The first-order valence-corrected chi connectivity index (χ1v) is 7.19. The van der Waals surface area contributed by atoms with Gasteiger partial charge in [-0.1, -0.05) is 13.8 Å². The summed E-state index contributed by atoms with van der Waals surface area (Å²) in [7, 11) is 1.61. The summed E-state index contributed by atoms with van der Waals surface area (Å²) < 4.78 is 7.50. The number of hydrogen-bond acceptors (Lipinski definition) is 3. The van der Waals surface area contributed by atoms with Crippen LogP contribution >= 0.6 is 22.6 Å². The highest BCUT2D eigenvalue weighted by molar-refractivity contribution is 14.1. The molecule has 6 heteroatoms. The van der Waals surface area contributed by atoms with E-state index in [2.05, 4.69) is 5.10 Å². The highest BCUT2D eigenvalue weighted by atomic mass is 127. The zero-order chi connectivity index (χ0) is 14.9. The van der Waals surface area contributed by atoms with Gasteiger partial charge in [0.25, 0.3) is 0 Å². The van der Waals surface area contributed by atoms with E-state index in [1.807, 2.05) is 60.7 Å². The van der Waals surface area contributed by atoms with E-state index in [9.17, 15) is 9.90 Å². The van der Waals surface area contributed by atoms with Crippen molar-refractivity contribution in [2.24, 2.45) is 0 Å². The molecule has 2 aromatic rings. The fourth-order valence-electron chi connectivity index (χ4n) is 1.97. The second kappa shape index (κ2) is 5.82. The monoisotopic (exact) mass is 386 g/mol. The minimum absolute atomic E-state index is 0.0881. The van der Waals surface area contributed by atoms with Crippen LogP contribution in [0.1, 0.15) is 35.9 Å². The first-order chi connectivity index (χ1) is 9.45. The van der Waals surface area contributed by atoms with Crippen molar-refractivity contribution in [2.75, 3.05) is 7.11 Å². The quantitative estimate of drug-likeness (QED) is 0.820. The van der Waals surface area contributed by atoms with E-state index in [0.717, 1.165) is 17.1 Å². The molecular formula is C14H15IN2O3. The number of hydrogen-bond donors (Lipinski definition) is 1. The highest BCUT2D eigenvalue weighted by Gasteiger charge is 2.23. The molecule has 5 nitrogen and oxygen atoms in total. The fourth-order valence-corrected chi connectivity index (χ4v) is 3.16. The lowest BCUT2D eigenvalue weighted by atomic mass is 10.1. The smallest absolute Gasteiger partial charge is 0.357 e. The van der Waals surface area contributed by atoms with Crippen LogP contribution in [0.4, 0.5) is 0 Å². The molecule has 0 fully saturated rings. The summed E-state index contributed by atoms with van der Waals surface area (Å²) in [5, 5.41) is 13.4. The Bertz CT molecular complexity index is 633. The molecule has 106 valence electrons. The molecule has 0 saturated heterocycles. The number of aromatic nitrogens is 2. The minimum Gasteiger partial charge on any atom is -0.497 e.